The summed E-state index contributed by atoms with van der Waals surface area (Å²) >= 11 is 0. The van der Waals surface area contributed by atoms with E-state index in [-0.39, 0.29) is 6.10 Å². The van der Waals surface area contributed by atoms with Gasteiger partial charge in [0.05, 0.1) is 12.7 Å². The molecule has 0 bridgehead atoms. The second kappa shape index (κ2) is 2.56. The van der Waals surface area contributed by atoms with Gasteiger partial charge in [0.2, 0.25) is 5.79 Å². The molecule has 0 spiro atoms. The fourth-order valence-corrected chi connectivity index (χ4v) is 0.927. The highest BCUT2D eigenvalue weighted by molar-refractivity contribution is 5.05. The molecule has 10 heavy (non-hydrogen) atoms. The van der Waals surface area contributed by atoms with Crippen molar-refractivity contribution < 1.29 is 9.47 Å². The minimum Gasteiger partial charge on any atom is -0.340 e. The van der Waals surface area contributed by atoms with Crippen molar-refractivity contribution in [1.82, 2.24) is 0 Å². The average Bonchev–Trinajstić information content (AvgIpc) is 2.33. The van der Waals surface area contributed by atoms with Crippen LogP contribution in [-0.4, -0.2) is 18.5 Å². The van der Waals surface area contributed by atoms with Gasteiger partial charge < -0.3 is 9.47 Å². The van der Waals surface area contributed by atoms with Crippen LogP contribution < -0.4 is 0 Å². The maximum Gasteiger partial charge on any atom is 0.207 e. The van der Waals surface area contributed by atoms with E-state index in [0.29, 0.717) is 6.61 Å². The van der Waals surface area contributed by atoms with E-state index in [2.05, 4.69) is 13.2 Å². The van der Waals surface area contributed by atoms with Crippen LogP contribution in [0.4, 0.5) is 0 Å². The monoisotopic (exact) mass is 140 g/mol. The van der Waals surface area contributed by atoms with E-state index in [4.69, 9.17) is 9.47 Å². The second-order valence-electron chi connectivity index (χ2n) is 2.37. The lowest BCUT2D eigenvalue weighted by molar-refractivity contribution is -0.0858. The van der Waals surface area contributed by atoms with Gasteiger partial charge in [0.25, 0.3) is 0 Å². The van der Waals surface area contributed by atoms with Crippen molar-refractivity contribution in [3.63, 3.8) is 0 Å². The van der Waals surface area contributed by atoms with Gasteiger partial charge in [-0.15, -0.1) is 0 Å². The van der Waals surface area contributed by atoms with E-state index in [0.717, 1.165) is 0 Å². The summed E-state index contributed by atoms with van der Waals surface area (Å²) in [5.41, 5.74) is 0. The van der Waals surface area contributed by atoms with E-state index < -0.39 is 5.79 Å². The fourth-order valence-electron chi connectivity index (χ4n) is 0.927. The molecule has 0 radical (unpaired) electrons. The van der Waals surface area contributed by atoms with E-state index >= 15 is 0 Å². The summed E-state index contributed by atoms with van der Waals surface area (Å²) in [6.07, 6.45) is 3.36. The Bertz CT molecular complexity index is 143. The molecule has 1 aliphatic heterocycles. The van der Waals surface area contributed by atoms with Crippen LogP contribution >= 0.6 is 0 Å². The molecule has 0 aromatic rings. The Labute approximate surface area is 61.1 Å². The topological polar surface area (TPSA) is 18.5 Å². The van der Waals surface area contributed by atoms with Crippen molar-refractivity contribution in [3.8, 4) is 0 Å². The lowest BCUT2D eigenvalue weighted by Gasteiger charge is -2.18. The Morgan fingerprint density at radius 3 is 2.30 bits per heavy atom. The zero-order valence-electron chi connectivity index (χ0n) is 6.17. The Balaban J connectivity index is 2.68. The first kappa shape index (κ1) is 7.51. The van der Waals surface area contributed by atoms with Gasteiger partial charge in [-0.1, -0.05) is 13.2 Å². The van der Waals surface area contributed by atoms with Gasteiger partial charge in [0.1, 0.15) is 0 Å². The van der Waals surface area contributed by atoms with Gasteiger partial charge in [0, 0.05) is 0 Å². The molecule has 1 fully saturated rings. The summed E-state index contributed by atoms with van der Waals surface area (Å²) in [5.74, 6) is -0.723. The van der Waals surface area contributed by atoms with Crippen LogP contribution in [0.2, 0.25) is 0 Å². The minimum absolute atomic E-state index is 0.135. The Hall–Kier alpha value is -0.600. The highest BCUT2D eigenvalue weighted by Crippen LogP contribution is 2.25. The summed E-state index contributed by atoms with van der Waals surface area (Å²) in [7, 11) is 0. The van der Waals surface area contributed by atoms with Gasteiger partial charge in [-0.2, -0.15) is 0 Å². The van der Waals surface area contributed by atoms with E-state index in [1.807, 2.05) is 6.92 Å². The molecule has 1 unspecified atom stereocenters. The Kier molecular flexibility index (Phi) is 1.92. The van der Waals surface area contributed by atoms with Crippen LogP contribution in [0.3, 0.4) is 0 Å². The standard InChI is InChI=1S/C8H12O2/c1-4-8(5-2)9-6-7(3)10-8/h4-5,7H,1-2,6H2,3H3. The summed E-state index contributed by atoms with van der Waals surface area (Å²) in [6.45, 7) is 9.76. The molecule has 0 aromatic carbocycles. The molecule has 1 saturated heterocycles. The first-order valence-electron chi connectivity index (χ1n) is 3.31. The van der Waals surface area contributed by atoms with Gasteiger partial charge in [-0.05, 0) is 19.1 Å². The van der Waals surface area contributed by atoms with Crippen LogP contribution in [-0.2, 0) is 9.47 Å². The smallest absolute Gasteiger partial charge is 0.207 e. The quantitative estimate of drug-likeness (QED) is 0.541. The molecule has 2 heteroatoms. The van der Waals surface area contributed by atoms with Crippen molar-refractivity contribution in [2.75, 3.05) is 6.61 Å². The summed E-state index contributed by atoms with van der Waals surface area (Å²) < 4.78 is 10.7. The molecule has 1 heterocycles. The zero-order valence-corrected chi connectivity index (χ0v) is 6.17. The fraction of sp³-hybridized carbons (Fsp3) is 0.500. The molecule has 1 atom stereocenters. The zero-order chi connectivity index (χ0) is 7.61. The summed E-state index contributed by atoms with van der Waals surface area (Å²) in [5, 5.41) is 0. The van der Waals surface area contributed by atoms with Crippen molar-refractivity contribution in [2.24, 2.45) is 0 Å². The molecule has 0 aliphatic carbocycles. The third kappa shape index (κ3) is 1.13. The average molecular weight is 140 g/mol. The highest BCUT2D eigenvalue weighted by atomic mass is 16.7. The van der Waals surface area contributed by atoms with Gasteiger partial charge in [0.15, 0.2) is 0 Å². The van der Waals surface area contributed by atoms with Gasteiger partial charge >= 0.3 is 0 Å². The Morgan fingerprint density at radius 1 is 1.50 bits per heavy atom. The predicted molar refractivity (Wildman–Crippen MR) is 39.6 cm³/mol. The molecular weight excluding hydrogens is 128 g/mol. The number of hydrogen-bond donors (Lipinski definition) is 0. The van der Waals surface area contributed by atoms with Crippen molar-refractivity contribution in [3.05, 3.63) is 25.3 Å². The Morgan fingerprint density at radius 2 is 2.10 bits per heavy atom. The lowest BCUT2D eigenvalue weighted by atomic mass is 10.3. The first-order valence-corrected chi connectivity index (χ1v) is 3.31. The normalized spacial score (nSPS) is 29.9. The molecule has 0 saturated carbocycles. The number of hydrogen-bond acceptors (Lipinski definition) is 2. The molecule has 0 aromatic heterocycles. The maximum absolute atomic E-state index is 5.39. The third-order valence-electron chi connectivity index (χ3n) is 1.50. The van der Waals surface area contributed by atoms with Crippen molar-refractivity contribution in [2.45, 2.75) is 18.8 Å². The van der Waals surface area contributed by atoms with Crippen LogP contribution in [0, 0.1) is 0 Å². The molecule has 56 valence electrons. The van der Waals surface area contributed by atoms with Crippen molar-refractivity contribution in [1.29, 1.82) is 0 Å². The van der Waals surface area contributed by atoms with Crippen LogP contribution in [0.5, 0.6) is 0 Å². The predicted octanol–water partition coefficient (Wildman–Crippen LogP) is 1.49. The van der Waals surface area contributed by atoms with Crippen LogP contribution in [0.15, 0.2) is 25.3 Å². The lowest BCUT2D eigenvalue weighted by Crippen LogP contribution is -2.23. The second-order valence-corrected chi connectivity index (χ2v) is 2.37. The highest BCUT2D eigenvalue weighted by Gasteiger charge is 2.33. The molecule has 0 amide bonds. The third-order valence-corrected chi connectivity index (χ3v) is 1.50. The minimum atomic E-state index is -0.723. The molecule has 1 aliphatic rings. The SMILES string of the molecule is C=CC1(C=C)OCC(C)O1. The van der Waals surface area contributed by atoms with Crippen LogP contribution in [0.1, 0.15) is 6.92 Å². The van der Waals surface area contributed by atoms with Crippen LogP contribution in [0.25, 0.3) is 0 Å². The summed E-state index contributed by atoms with van der Waals surface area (Å²) in [4.78, 5) is 0. The first-order chi connectivity index (χ1) is 4.72. The van der Waals surface area contributed by atoms with Crippen molar-refractivity contribution >= 4 is 0 Å². The number of ether oxygens (including phenoxy) is 2. The van der Waals surface area contributed by atoms with Gasteiger partial charge in [-0.25, -0.2) is 0 Å². The van der Waals surface area contributed by atoms with E-state index in [1.165, 1.54) is 0 Å². The molecule has 1 rings (SSSR count). The number of rotatable bonds is 2. The molecule has 2 nitrogen and oxygen atoms in total. The maximum atomic E-state index is 5.39. The molecule has 0 N–H and O–H groups in total. The largest absolute Gasteiger partial charge is 0.340 e. The summed E-state index contributed by atoms with van der Waals surface area (Å²) in [6, 6.07) is 0. The van der Waals surface area contributed by atoms with E-state index in [1.54, 1.807) is 12.2 Å². The van der Waals surface area contributed by atoms with E-state index in [9.17, 15) is 0 Å². The van der Waals surface area contributed by atoms with Gasteiger partial charge in [-0.3, -0.25) is 0 Å². The molecular formula is C8H12O2.